The highest BCUT2D eigenvalue weighted by Gasteiger charge is 2.24. The van der Waals surface area contributed by atoms with Crippen LogP contribution < -0.4 is 10.6 Å². The Balaban J connectivity index is 1.38. The number of hydrogen-bond donors (Lipinski definition) is 2. The maximum absolute atomic E-state index is 11.7. The first kappa shape index (κ1) is 19.7. The summed E-state index contributed by atoms with van der Waals surface area (Å²) in [6.45, 7) is 7.38. The monoisotopic (exact) mass is 446 g/mol. The fourth-order valence-corrected chi connectivity index (χ4v) is 5.35. The van der Waals surface area contributed by atoms with E-state index in [2.05, 4.69) is 44.7 Å². The largest absolute Gasteiger partial charge is 0.367 e. The van der Waals surface area contributed by atoms with Crippen LogP contribution in [-0.2, 0) is 11.3 Å². The second-order valence-electron chi connectivity index (χ2n) is 8.94. The van der Waals surface area contributed by atoms with Gasteiger partial charge in [-0.25, -0.2) is 4.98 Å². The molecule has 0 aromatic carbocycles. The number of allylic oxidation sites excluding steroid dienone is 1. The molecule has 0 unspecified atom stereocenters. The molecule has 0 bridgehead atoms. The summed E-state index contributed by atoms with van der Waals surface area (Å²) in [6.07, 6.45) is 9.12. The molecule has 0 radical (unpaired) electrons. The summed E-state index contributed by atoms with van der Waals surface area (Å²) in [5, 5.41) is 13.2. The summed E-state index contributed by atoms with van der Waals surface area (Å²) in [7, 11) is 0. The van der Waals surface area contributed by atoms with Gasteiger partial charge in [0, 0.05) is 45.7 Å². The maximum atomic E-state index is 11.7. The van der Waals surface area contributed by atoms with E-state index in [1.165, 1.54) is 43.6 Å². The molecular weight excluding hydrogens is 420 g/mol. The van der Waals surface area contributed by atoms with Crippen molar-refractivity contribution in [1.82, 2.24) is 24.8 Å². The zero-order valence-electron chi connectivity index (χ0n) is 17.9. The first-order chi connectivity index (χ1) is 15.6. The predicted octanol–water partition coefficient (Wildman–Crippen LogP) is 4.04. The van der Waals surface area contributed by atoms with Crippen LogP contribution in [0.1, 0.15) is 42.5 Å². The van der Waals surface area contributed by atoms with E-state index in [4.69, 9.17) is 4.98 Å². The molecule has 0 atom stereocenters. The van der Waals surface area contributed by atoms with Gasteiger partial charge in [-0.2, -0.15) is 9.61 Å². The van der Waals surface area contributed by atoms with Crippen molar-refractivity contribution < 1.29 is 4.79 Å². The number of rotatable bonds is 6. The van der Waals surface area contributed by atoms with Gasteiger partial charge in [-0.05, 0) is 56.5 Å². The number of carbonyl (C=O) groups excluding carboxylic acids is 1. The van der Waals surface area contributed by atoms with Crippen LogP contribution in [0.5, 0.6) is 0 Å². The summed E-state index contributed by atoms with van der Waals surface area (Å²) < 4.78 is 1.87. The summed E-state index contributed by atoms with van der Waals surface area (Å²) in [4.78, 5) is 20.6. The first-order valence-electron chi connectivity index (χ1n) is 11.3. The van der Waals surface area contributed by atoms with Gasteiger partial charge in [0.25, 0.3) is 0 Å². The van der Waals surface area contributed by atoms with Gasteiger partial charge >= 0.3 is 0 Å². The lowest BCUT2D eigenvalue weighted by Gasteiger charge is -2.12. The summed E-state index contributed by atoms with van der Waals surface area (Å²) in [6, 6.07) is 4.89. The number of nitrogens with one attached hydrogen (secondary N) is 2. The standard InChI is InChI=1S/C24H26N6OS/c1-15-16(10-23(31)26-15)8-17-12-25-30-22(27-19-4-5-19)11-21(28-24(17)30)18-9-20(32-14-18)13-29-6-2-3-7-29/h8-9,11-12,14,19,27H,1-7,10,13H2,(H,26,31)/b16-8+. The minimum absolute atomic E-state index is 0.0220. The topological polar surface area (TPSA) is 74.6 Å². The Morgan fingerprint density at radius 3 is 2.88 bits per heavy atom. The molecular formula is C24H26N6OS. The molecule has 32 heavy (non-hydrogen) atoms. The molecule has 3 aliphatic rings. The molecule has 0 spiro atoms. The molecule has 1 saturated carbocycles. The Hall–Kier alpha value is -2.97. The van der Waals surface area contributed by atoms with Gasteiger partial charge in [-0.15, -0.1) is 11.3 Å². The number of likely N-dealkylation sites (tertiary alicyclic amines) is 1. The Morgan fingerprint density at radius 2 is 2.12 bits per heavy atom. The van der Waals surface area contributed by atoms with Crippen LogP contribution in [-0.4, -0.2) is 44.5 Å². The van der Waals surface area contributed by atoms with Gasteiger partial charge < -0.3 is 10.6 Å². The number of anilines is 1. The highest BCUT2D eigenvalue weighted by atomic mass is 32.1. The van der Waals surface area contributed by atoms with E-state index in [1.54, 1.807) is 0 Å². The average Bonchev–Trinajstić information content (AvgIpc) is 3.17. The van der Waals surface area contributed by atoms with Crippen molar-refractivity contribution in [2.45, 2.75) is 44.7 Å². The van der Waals surface area contributed by atoms with E-state index in [1.807, 2.05) is 28.1 Å². The highest BCUT2D eigenvalue weighted by molar-refractivity contribution is 7.10. The van der Waals surface area contributed by atoms with Crippen molar-refractivity contribution in [3.05, 3.63) is 52.0 Å². The lowest BCUT2D eigenvalue weighted by Crippen LogP contribution is -2.17. The van der Waals surface area contributed by atoms with Crippen LogP contribution in [0, 0.1) is 0 Å². The minimum Gasteiger partial charge on any atom is -0.367 e. The molecule has 8 heteroatoms. The van der Waals surface area contributed by atoms with Crippen molar-refractivity contribution in [3.63, 3.8) is 0 Å². The number of amides is 1. The molecule has 164 valence electrons. The molecule has 1 aliphatic carbocycles. The van der Waals surface area contributed by atoms with Crippen LogP contribution in [0.3, 0.4) is 0 Å². The van der Waals surface area contributed by atoms with Gasteiger partial charge in [-0.3, -0.25) is 9.69 Å². The first-order valence-corrected chi connectivity index (χ1v) is 12.2. The third-order valence-corrected chi connectivity index (χ3v) is 7.24. The van der Waals surface area contributed by atoms with Gasteiger partial charge in [0.2, 0.25) is 5.91 Å². The van der Waals surface area contributed by atoms with E-state index in [-0.39, 0.29) is 5.91 Å². The Labute approximate surface area is 190 Å². The maximum Gasteiger partial charge on any atom is 0.228 e. The number of aromatic nitrogens is 3. The van der Waals surface area contributed by atoms with E-state index in [9.17, 15) is 4.79 Å². The molecule has 7 nitrogen and oxygen atoms in total. The molecule has 3 fully saturated rings. The molecule has 2 N–H and O–H groups in total. The third-order valence-electron chi connectivity index (χ3n) is 6.31. The zero-order chi connectivity index (χ0) is 21.7. The quantitative estimate of drug-likeness (QED) is 0.598. The number of fused-ring (bicyclic) bond motifs is 1. The normalized spacial score (nSPS) is 20.6. The smallest absolute Gasteiger partial charge is 0.228 e. The molecule has 1 amide bonds. The van der Waals surface area contributed by atoms with Crippen LogP contribution in [0.4, 0.5) is 5.82 Å². The van der Waals surface area contributed by atoms with E-state index >= 15 is 0 Å². The van der Waals surface area contributed by atoms with Crippen molar-refractivity contribution in [1.29, 1.82) is 0 Å². The summed E-state index contributed by atoms with van der Waals surface area (Å²) in [5.41, 5.74) is 5.32. The molecule has 6 rings (SSSR count). The van der Waals surface area contributed by atoms with Gasteiger partial charge in [0.15, 0.2) is 5.65 Å². The van der Waals surface area contributed by atoms with E-state index in [0.717, 1.165) is 40.4 Å². The number of hydrogen-bond acceptors (Lipinski definition) is 6. The lowest BCUT2D eigenvalue weighted by atomic mass is 10.1. The molecule has 3 aromatic heterocycles. The number of carbonyl (C=O) groups is 1. The summed E-state index contributed by atoms with van der Waals surface area (Å²) in [5.74, 6) is 0.940. The SMILES string of the molecule is C=C1NC(=O)C/C1=C\c1cnn2c(NC3CC3)cc(-c3csc(CN4CCCC4)c3)nc12. The predicted molar refractivity (Wildman–Crippen MR) is 127 cm³/mol. The van der Waals surface area contributed by atoms with E-state index < -0.39 is 0 Å². The minimum atomic E-state index is -0.0220. The van der Waals surface area contributed by atoms with Crippen LogP contribution >= 0.6 is 11.3 Å². The number of nitrogens with zero attached hydrogens (tertiary/aromatic N) is 4. The van der Waals surface area contributed by atoms with Crippen LogP contribution in [0.2, 0.25) is 0 Å². The Morgan fingerprint density at radius 1 is 1.28 bits per heavy atom. The lowest BCUT2D eigenvalue weighted by molar-refractivity contribution is -0.118. The van der Waals surface area contributed by atoms with Crippen LogP contribution in [0.25, 0.3) is 23.0 Å². The van der Waals surface area contributed by atoms with Crippen molar-refractivity contribution in [2.24, 2.45) is 0 Å². The average molecular weight is 447 g/mol. The van der Waals surface area contributed by atoms with E-state index in [0.29, 0.717) is 18.2 Å². The van der Waals surface area contributed by atoms with Gasteiger partial charge in [0.1, 0.15) is 5.82 Å². The summed E-state index contributed by atoms with van der Waals surface area (Å²) >= 11 is 1.81. The highest BCUT2D eigenvalue weighted by Crippen LogP contribution is 2.32. The zero-order valence-corrected chi connectivity index (χ0v) is 18.7. The van der Waals surface area contributed by atoms with Gasteiger partial charge in [-0.1, -0.05) is 6.58 Å². The fourth-order valence-electron chi connectivity index (χ4n) is 4.43. The van der Waals surface area contributed by atoms with Crippen molar-refractivity contribution in [3.8, 4) is 11.3 Å². The second-order valence-corrected chi connectivity index (χ2v) is 9.93. The second kappa shape index (κ2) is 7.86. The third kappa shape index (κ3) is 3.84. The van der Waals surface area contributed by atoms with Gasteiger partial charge in [0.05, 0.1) is 18.3 Å². The molecule has 5 heterocycles. The number of thiophene rings is 1. The molecule has 2 aliphatic heterocycles. The molecule has 3 aromatic rings. The Bertz CT molecular complexity index is 1240. The fraction of sp³-hybridized carbons (Fsp3) is 0.375. The molecule has 2 saturated heterocycles. The van der Waals surface area contributed by atoms with Crippen LogP contribution in [0.15, 0.2) is 41.6 Å². The van der Waals surface area contributed by atoms with Crippen molar-refractivity contribution >= 4 is 34.8 Å². The Kier molecular flexibility index (Phi) is 4.84. The van der Waals surface area contributed by atoms with Crippen molar-refractivity contribution in [2.75, 3.05) is 18.4 Å².